The van der Waals surface area contributed by atoms with Gasteiger partial charge in [-0.25, -0.2) is 14.4 Å². The number of nitrogens with zero attached hydrogens (tertiary/aromatic N) is 4. The van der Waals surface area contributed by atoms with Gasteiger partial charge in [-0.3, -0.25) is 20.2 Å². The Morgan fingerprint density at radius 3 is 2.37 bits per heavy atom. The second-order valence-corrected chi connectivity index (χ2v) is 6.20. The monoisotopic (exact) mass is 408 g/mol. The summed E-state index contributed by atoms with van der Waals surface area (Å²) >= 11 is 0. The Balaban J connectivity index is 0.000000310. The van der Waals surface area contributed by atoms with Gasteiger partial charge >= 0.3 is 6.03 Å². The minimum atomic E-state index is -0.589. The van der Waals surface area contributed by atoms with Crippen LogP contribution in [0.4, 0.5) is 10.5 Å². The Hall–Kier alpha value is -4.34. The lowest BCUT2D eigenvalue weighted by Crippen LogP contribution is -2.25. The van der Waals surface area contributed by atoms with Crippen molar-refractivity contribution in [3.8, 4) is 11.3 Å². The van der Waals surface area contributed by atoms with Crippen molar-refractivity contribution in [1.29, 1.82) is 0 Å². The molecule has 4 rings (SSSR count). The lowest BCUT2D eigenvalue weighted by molar-refractivity contribution is -0.671. The van der Waals surface area contributed by atoms with Crippen molar-refractivity contribution in [3.05, 3.63) is 82.9 Å². The Kier molecular flexibility index (Phi) is 6.28. The molecular weight excluding hydrogens is 390 g/mol. The zero-order chi connectivity index (χ0) is 21.5. The molecule has 2 aromatic heterocycles. The van der Waals surface area contributed by atoms with E-state index in [2.05, 4.69) is 10.4 Å². The number of rotatable bonds is 4. The van der Waals surface area contributed by atoms with Gasteiger partial charge in [-0.05, 0) is 24.3 Å². The number of hydrazone groups is 1. The van der Waals surface area contributed by atoms with Gasteiger partial charge in [-0.1, -0.05) is 6.07 Å². The number of benzene rings is 1. The summed E-state index contributed by atoms with van der Waals surface area (Å²) in [6.07, 6.45) is 5.31. The molecule has 0 aliphatic carbocycles. The molecule has 1 aliphatic rings. The fourth-order valence-corrected chi connectivity index (χ4v) is 2.46. The van der Waals surface area contributed by atoms with E-state index in [1.54, 1.807) is 24.3 Å². The highest BCUT2D eigenvalue weighted by Crippen LogP contribution is 2.24. The van der Waals surface area contributed by atoms with Crippen molar-refractivity contribution < 1.29 is 23.5 Å². The van der Waals surface area contributed by atoms with Crippen LogP contribution in [0.1, 0.15) is 5.76 Å². The predicted octanol–water partition coefficient (Wildman–Crippen LogP) is 2.25. The topological polar surface area (TPSA) is 122 Å². The fraction of sp³-hybridized carbons (Fsp3) is 0.100. The summed E-state index contributed by atoms with van der Waals surface area (Å²) in [5.74, 6) is 0.465. The van der Waals surface area contributed by atoms with E-state index in [-0.39, 0.29) is 12.2 Å². The minimum absolute atomic E-state index is 0.00759. The zero-order valence-electron chi connectivity index (χ0n) is 16.0. The zero-order valence-corrected chi connectivity index (χ0v) is 16.0. The number of nitro benzene ring substituents is 1. The highest BCUT2D eigenvalue weighted by molar-refractivity contribution is 6.02. The van der Waals surface area contributed by atoms with E-state index in [1.807, 2.05) is 42.2 Å². The van der Waals surface area contributed by atoms with Crippen LogP contribution in [0.25, 0.3) is 11.3 Å². The predicted molar refractivity (Wildman–Crippen MR) is 106 cm³/mol. The molecule has 1 N–H and O–H groups in total. The number of pyridine rings is 1. The number of urea groups is 1. The first-order chi connectivity index (χ1) is 14.4. The number of nitrogens with one attached hydrogen (secondary N) is 1. The molecule has 152 valence electrons. The van der Waals surface area contributed by atoms with Gasteiger partial charge in [-0.15, -0.1) is 0 Å². The van der Waals surface area contributed by atoms with Crippen LogP contribution in [0.3, 0.4) is 0 Å². The summed E-state index contributed by atoms with van der Waals surface area (Å²) in [5, 5.41) is 17.6. The lowest BCUT2D eigenvalue weighted by atomic mass is 10.1. The van der Waals surface area contributed by atoms with Crippen LogP contribution < -0.4 is 9.88 Å². The second kappa shape index (κ2) is 9.24. The lowest BCUT2D eigenvalue weighted by Gasteiger charge is -2.02. The molecule has 0 atom stereocenters. The molecule has 1 aliphatic heterocycles. The van der Waals surface area contributed by atoms with Gasteiger partial charge in [0.25, 0.3) is 5.69 Å². The molecule has 0 bridgehead atoms. The molecule has 1 aromatic carbocycles. The highest BCUT2D eigenvalue weighted by Gasteiger charge is 2.26. The number of nitro groups is 1. The molecule has 10 heteroatoms. The third-order valence-corrected chi connectivity index (χ3v) is 3.95. The summed E-state index contributed by atoms with van der Waals surface area (Å²) in [5.41, 5.74) is 0.663. The third-order valence-electron chi connectivity index (χ3n) is 3.95. The van der Waals surface area contributed by atoms with Crippen LogP contribution >= 0.6 is 0 Å². The number of imide groups is 1. The molecule has 0 radical (unpaired) electrons. The maximum Gasteiger partial charge on any atom is 0.344 e. The van der Waals surface area contributed by atoms with Gasteiger partial charge in [0.1, 0.15) is 25.1 Å². The van der Waals surface area contributed by atoms with Crippen LogP contribution in [-0.4, -0.2) is 34.6 Å². The van der Waals surface area contributed by atoms with E-state index < -0.39 is 16.9 Å². The van der Waals surface area contributed by atoms with Crippen molar-refractivity contribution in [2.45, 2.75) is 0 Å². The van der Waals surface area contributed by atoms with E-state index in [1.165, 1.54) is 18.3 Å². The number of furan rings is 1. The summed E-state index contributed by atoms with van der Waals surface area (Å²) in [4.78, 5) is 32.5. The smallest absolute Gasteiger partial charge is 0.344 e. The number of carbonyl (C=O) groups is 2. The van der Waals surface area contributed by atoms with Crippen molar-refractivity contribution in [1.82, 2.24) is 10.3 Å². The Morgan fingerprint density at radius 1 is 1.13 bits per heavy atom. The van der Waals surface area contributed by atoms with Crippen molar-refractivity contribution in [2.24, 2.45) is 12.1 Å². The second-order valence-electron chi connectivity index (χ2n) is 6.20. The fourth-order valence-electron chi connectivity index (χ4n) is 2.46. The number of aryl methyl sites for hydroxylation is 1. The largest absolute Gasteiger partial charge is 0.455 e. The van der Waals surface area contributed by atoms with E-state index in [9.17, 15) is 19.7 Å². The SMILES string of the molecule is C[n+]1ccccc1.O=C1CN(/N=C/c2ccc(-c3ccc([N+](=O)[O-])cc3)o2)C(=O)N1. The van der Waals surface area contributed by atoms with Gasteiger partial charge in [0.2, 0.25) is 5.91 Å². The van der Waals surface area contributed by atoms with Crippen molar-refractivity contribution in [3.63, 3.8) is 0 Å². The van der Waals surface area contributed by atoms with E-state index in [4.69, 9.17) is 4.42 Å². The summed E-state index contributed by atoms with van der Waals surface area (Å²) in [6, 6.07) is 14.6. The minimum Gasteiger partial charge on any atom is -0.455 e. The number of carbonyl (C=O) groups excluding carboxylic acids is 2. The summed E-state index contributed by atoms with van der Waals surface area (Å²) in [7, 11) is 2.00. The molecule has 1 fully saturated rings. The van der Waals surface area contributed by atoms with E-state index in [0.717, 1.165) is 5.01 Å². The first-order valence-electron chi connectivity index (χ1n) is 8.82. The molecule has 1 saturated heterocycles. The third kappa shape index (κ3) is 5.35. The number of aromatic nitrogens is 1. The molecule has 3 amide bonds. The first-order valence-corrected chi connectivity index (χ1v) is 8.82. The van der Waals surface area contributed by atoms with Gasteiger partial charge in [0, 0.05) is 29.8 Å². The van der Waals surface area contributed by atoms with Crippen LogP contribution in [0.2, 0.25) is 0 Å². The number of hydrogen-bond acceptors (Lipinski definition) is 6. The highest BCUT2D eigenvalue weighted by atomic mass is 16.6. The Bertz CT molecular complexity index is 1080. The summed E-state index contributed by atoms with van der Waals surface area (Å²) < 4.78 is 7.53. The maximum absolute atomic E-state index is 11.3. The normalized spacial score (nSPS) is 13.2. The molecule has 3 aromatic rings. The van der Waals surface area contributed by atoms with Crippen LogP contribution in [0.5, 0.6) is 0 Å². The first kappa shape index (κ1) is 20.4. The van der Waals surface area contributed by atoms with Gasteiger partial charge < -0.3 is 4.42 Å². The van der Waals surface area contributed by atoms with Crippen LogP contribution in [0, 0.1) is 10.1 Å². The van der Waals surface area contributed by atoms with Crippen LogP contribution in [0.15, 0.2) is 76.5 Å². The maximum atomic E-state index is 11.3. The molecule has 0 unspecified atom stereocenters. The molecule has 0 spiro atoms. The number of non-ortho nitro benzene ring substituents is 1. The quantitative estimate of drug-likeness (QED) is 0.233. The van der Waals surface area contributed by atoms with Crippen molar-refractivity contribution >= 4 is 23.8 Å². The summed E-state index contributed by atoms with van der Waals surface area (Å²) in [6.45, 7) is -0.134. The average Bonchev–Trinajstić information content (AvgIpc) is 3.33. The van der Waals surface area contributed by atoms with Crippen LogP contribution in [-0.2, 0) is 11.8 Å². The molecule has 0 saturated carbocycles. The van der Waals surface area contributed by atoms with E-state index in [0.29, 0.717) is 17.1 Å². The van der Waals surface area contributed by atoms with E-state index >= 15 is 0 Å². The molecule has 3 heterocycles. The molecule has 10 nitrogen and oxygen atoms in total. The van der Waals surface area contributed by atoms with Crippen molar-refractivity contribution in [2.75, 3.05) is 6.54 Å². The Morgan fingerprint density at radius 2 is 1.83 bits per heavy atom. The number of amides is 3. The molecular formula is C20H18N5O5+. The number of hydrogen-bond donors (Lipinski definition) is 1. The van der Waals surface area contributed by atoms with Gasteiger partial charge in [0.15, 0.2) is 12.4 Å². The average molecular weight is 408 g/mol. The standard InChI is InChI=1S/C14H10N4O5.C6H8N/c19-13-8-17(14(20)16-13)15-7-11-5-6-12(23-11)9-1-3-10(4-2-9)18(21)22;1-7-5-3-2-4-6-7/h1-7H,8H2,(H,16,19,20);2-6H,1H3/q;+1/b15-7+;. The molecule has 30 heavy (non-hydrogen) atoms. The Labute approximate surface area is 171 Å². The van der Waals surface area contributed by atoms with Gasteiger partial charge in [0.05, 0.1) is 11.1 Å². The van der Waals surface area contributed by atoms with Gasteiger partial charge in [-0.2, -0.15) is 5.10 Å².